The number of halogens is 3. The third-order valence-electron chi connectivity index (χ3n) is 2.28. The molecule has 0 N–H and O–H groups in total. The molecule has 0 nitrogen and oxygen atoms in total. The SMILES string of the molecule is Cc1c(C)c(C)[p]([V+3])c1C.[Cl-].[Cl-].[Cl-]. The van der Waals surface area contributed by atoms with Gasteiger partial charge in [-0.25, -0.2) is 0 Å². The first kappa shape index (κ1) is 19.8. The van der Waals surface area contributed by atoms with Crippen molar-refractivity contribution in [2.24, 2.45) is 0 Å². The topological polar surface area (TPSA) is 0 Å². The van der Waals surface area contributed by atoms with Gasteiger partial charge in [0.05, 0.1) is 0 Å². The molecule has 0 unspecified atom stereocenters. The molecule has 1 aromatic heterocycles. The zero-order valence-electron chi connectivity index (χ0n) is 8.03. The van der Waals surface area contributed by atoms with Crippen LogP contribution in [-0.2, 0) is 17.0 Å². The molecule has 0 radical (unpaired) electrons. The van der Waals surface area contributed by atoms with Gasteiger partial charge in [-0.15, -0.1) is 0 Å². The summed E-state index contributed by atoms with van der Waals surface area (Å²) in [7, 11) is 0. The van der Waals surface area contributed by atoms with Crippen LogP contribution in [0.2, 0.25) is 0 Å². The molecule has 1 rings (SSSR count). The molecule has 13 heavy (non-hydrogen) atoms. The second kappa shape index (κ2) is 7.52. The van der Waals surface area contributed by atoms with Crippen molar-refractivity contribution in [3.8, 4) is 0 Å². The Morgan fingerprint density at radius 2 is 1.00 bits per heavy atom. The van der Waals surface area contributed by atoms with Crippen LogP contribution in [0, 0.1) is 27.7 Å². The van der Waals surface area contributed by atoms with Crippen LogP contribution in [0.1, 0.15) is 21.7 Å². The van der Waals surface area contributed by atoms with Crippen molar-refractivity contribution in [3.63, 3.8) is 0 Å². The fourth-order valence-corrected chi connectivity index (χ4v) is 3.99. The number of hydrogen-bond donors (Lipinski definition) is 0. The fraction of sp³-hybridized carbons (Fsp3) is 0.500. The van der Waals surface area contributed by atoms with Gasteiger partial charge < -0.3 is 37.2 Å². The normalized spacial score (nSPS) is 8.15. The number of hydrogen-bond acceptors (Lipinski definition) is 0. The first-order valence-corrected chi connectivity index (χ1v) is 6.57. The van der Waals surface area contributed by atoms with Gasteiger partial charge in [0.1, 0.15) is 0 Å². The van der Waals surface area contributed by atoms with Crippen molar-refractivity contribution in [1.29, 1.82) is 0 Å². The van der Waals surface area contributed by atoms with Gasteiger partial charge >= 0.3 is 72.4 Å². The summed E-state index contributed by atoms with van der Waals surface area (Å²) >= 11 is 2.80. The molecule has 0 saturated heterocycles. The van der Waals surface area contributed by atoms with Crippen LogP contribution in [0.5, 0.6) is 0 Å². The molecular formula is C8H12Cl3PV. The molecule has 0 aromatic carbocycles. The molecule has 75 valence electrons. The minimum Gasteiger partial charge on any atom is -1.00 e. The van der Waals surface area contributed by atoms with E-state index in [1.165, 1.54) is 11.1 Å². The second-order valence-electron chi connectivity index (χ2n) is 2.73. The standard InChI is InChI=1S/C8H12P.3ClH.V/c1-5-6(2)8(4)9-7(5)3;;;;/h1-4H3;3*1H;/q-1;;;;+4/p-3. The van der Waals surface area contributed by atoms with Crippen LogP contribution in [0.25, 0.3) is 0 Å². The van der Waals surface area contributed by atoms with Gasteiger partial charge in [-0.05, 0) is 0 Å². The molecule has 0 bridgehead atoms. The molecule has 5 heteroatoms. The quantitative estimate of drug-likeness (QED) is 0.448. The maximum atomic E-state index is 2.80. The van der Waals surface area contributed by atoms with Gasteiger partial charge in [0.25, 0.3) is 0 Å². The summed E-state index contributed by atoms with van der Waals surface area (Å²) in [5, 5.41) is 3.18. The van der Waals surface area contributed by atoms with Gasteiger partial charge in [-0.2, -0.15) is 0 Å². The Bertz CT molecular complexity index is 191. The van der Waals surface area contributed by atoms with Crippen LogP contribution >= 0.6 is 6.00 Å². The van der Waals surface area contributed by atoms with E-state index in [0.29, 0.717) is 0 Å². The van der Waals surface area contributed by atoms with Crippen molar-refractivity contribution in [3.05, 3.63) is 21.7 Å². The summed E-state index contributed by atoms with van der Waals surface area (Å²) < 4.78 is 0. The van der Waals surface area contributed by atoms with Crippen molar-refractivity contribution < 1.29 is 54.2 Å². The van der Waals surface area contributed by atoms with E-state index in [-0.39, 0.29) is 43.2 Å². The zero-order valence-corrected chi connectivity index (χ0v) is 12.6. The monoisotopic (exact) mass is 295 g/mol. The van der Waals surface area contributed by atoms with Crippen LogP contribution in [0.3, 0.4) is 0 Å². The summed E-state index contributed by atoms with van der Waals surface area (Å²) in [5.41, 5.74) is 3.04. The molecule has 0 fully saturated rings. The third kappa shape index (κ3) is 3.70. The van der Waals surface area contributed by atoms with Gasteiger partial charge in [-0.1, -0.05) is 0 Å². The summed E-state index contributed by atoms with van der Waals surface area (Å²) in [6, 6.07) is 0.0306. The molecule has 0 atom stereocenters. The Morgan fingerprint density at radius 1 is 0.769 bits per heavy atom. The summed E-state index contributed by atoms with van der Waals surface area (Å²) in [6.07, 6.45) is 0. The minimum atomic E-state index is 0. The van der Waals surface area contributed by atoms with Gasteiger partial charge in [0.2, 0.25) is 0 Å². The first-order valence-electron chi connectivity index (χ1n) is 3.40. The van der Waals surface area contributed by atoms with Crippen molar-refractivity contribution in [2.75, 3.05) is 0 Å². The molecule has 1 aromatic rings. The Hall–Kier alpha value is 1.23. The average Bonchev–Trinajstić information content (AvgIpc) is 2.07. The van der Waals surface area contributed by atoms with Gasteiger partial charge in [0, 0.05) is 0 Å². The molecule has 0 aliphatic heterocycles. The van der Waals surface area contributed by atoms with Crippen LogP contribution in [0.15, 0.2) is 0 Å². The summed E-state index contributed by atoms with van der Waals surface area (Å²) in [6.45, 7) is 8.95. The van der Waals surface area contributed by atoms with Crippen LogP contribution in [-0.4, -0.2) is 0 Å². The first-order chi connectivity index (χ1) is 4.55. The molecule has 0 aliphatic carbocycles. The van der Waals surface area contributed by atoms with E-state index in [4.69, 9.17) is 0 Å². The van der Waals surface area contributed by atoms with E-state index in [1.54, 1.807) is 10.6 Å². The summed E-state index contributed by atoms with van der Waals surface area (Å²) in [4.78, 5) is 0. The predicted molar refractivity (Wildman–Crippen MR) is 43.5 cm³/mol. The van der Waals surface area contributed by atoms with E-state index < -0.39 is 0 Å². The largest absolute Gasteiger partial charge is 1.00 e. The molecule has 1 heterocycles. The van der Waals surface area contributed by atoms with Crippen LogP contribution in [0.4, 0.5) is 0 Å². The van der Waals surface area contributed by atoms with E-state index in [9.17, 15) is 0 Å². The average molecular weight is 296 g/mol. The Labute approximate surface area is 109 Å². The number of rotatable bonds is 0. The second-order valence-corrected chi connectivity index (χ2v) is 6.57. The van der Waals surface area contributed by atoms with E-state index in [2.05, 4.69) is 44.7 Å². The molecule has 0 spiro atoms. The van der Waals surface area contributed by atoms with Crippen molar-refractivity contribution >= 4 is 6.00 Å². The summed E-state index contributed by atoms with van der Waals surface area (Å²) in [5.74, 6) is 0. The maximum absolute atomic E-state index is 2.80. The smallest absolute Gasteiger partial charge is 1.00 e. The zero-order chi connectivity index (χ0) is 7.89. The predicted octanol–water partition coefficient (Wildman–Crippen LogP) is -5.77. The third-order valence-corrected chi connectivity index (χ3v) is 7.04. The van der Waals surface area contributed by atoms with E-state index in [1.807, 2.05) is 0 Å². The van der Waals surface area contributed by atoms with Gasteiger partial charge in [0.15, 0.2) is 0 Å². The van der Waals surface area contributed by atoms with Gasteiger partial charge in [-0.3, -0.25) is 0 Å². The molecular weight excluding hydrogens is 284 g/mol. The molecule has 0 amide bonds. The minimum absolute atomic E-state index is 0. The molecule has 0 aliphatic rings. The van der Waals surface area contributed by atoms with Crippen molar-refractivity contribution in [2.45, 2.75) is 27.7 Å². The Kier molecular flexibility index (Phi) is 11.4. The van der Waals surface area contributed by atoms with Crippen molar-refractivity contribution in [1.82, 2.24) is 0 Å². The van der Waals surface area contributed by atoms with Crippen LogP contribution < -0.4 is 37.2 Å². The van der Waals surface area contributed by atoms with E-state index in [0.717, 1.165) is 0 Å². The van der Waals surface area contributed by atoms with E-state index >= 15 is 0 Å². The Balaban J connectivity index is -0.000000333. The Morgan fingerprint density at radius 3 is 1.08 bits per heavy atom. The molecule has 0 saturated carbocycles. The maximum Gasteiger partial charge on any atom is -1.00 e. The fourth-order valence-electron chi connectivity index (χ4n) is 1.11.